The second-order valence-corrected chi connectivity index (χ2v) is 8.08. The van der Waals surface area contributed by atoms with Gasteiger partial charge in [-0.15, -0.1) is 24.0 Å². The molecule has 3 heterocycles. The molecule has 148 valence electrons. The van der Waals surface area contributed by atoms with E-state index in [4.69, 9.17) is 9.41 Å². The molecule has 2 atom stereocenters. The van der Waals surface area contributed by atoms with Crippen LogP contribution < -0.4 is 10.6 Å². The van der Waals surface area contributed by atoms with Crippen molar-refractivity contribution in [1.29, 1.82) is 0 Å². The lowest BCUT2D eigenvalue weighted by Crippen LogP contribution is -2.46. The maximum atomic E-state index is 5.42. The Balaban J connectivity index is 0.00000243. The molecule has 5 nitrogen and oxygen atoms in total. The number of likely N-dealkylation sites (N-methyl/N-ethyl adjacent to an activating group) is 1. The van der Waals surface area contributed by atoms with E-state index >= 15 is 0 Å². The Morgan fingerprint density at radius 3 is 3.04 bits per heavy atom. The molecule has 2 N–H and O–H groups in total. The minimum atomic E-state index is 0. The van der Waals surface area contributed by atoms with Gasteiger partial charge in [-0.2, -0.15) is 11.8 Å². The average molecular weight is 492 g/mol. The number of hydrogen-bond acceptors (Lipinski definition) is 4. The van der Waals surface area contributed by atoms with Gasteiger partial charge in [0.15, 0.2) is 5.96 Å². The van der Waals surface area contributed by atoms with Crippen LogP contribution in [0.5, 0.6) is 0 Å². The third kappa shape index (κ3) is 6.96. The Kier molecular flexibility index (Phi) is 10.2. The zero-order chi connectivity index (χ0) is 17.3. The third-order valence-corrected chi connectivity index (χ3v) is 6.33. The molecule has 1 aromatic heterocycles. The van der Waals surface area contributed by atoms with E-state index in [9.17, 15) is 0 Å². The van der Waals surface area contributed by atoms with Crippen LogP contribution in [0.1, 0.15) is 38.4 Å². The van der Waals surface area contributed by atoms with E-state index in [0.717, 1.165) is 37.8 Å². The third-order valence-electron chi connectivity index (χ3n) is 5.11. The van der Waals surface area contributed by atoms with Crippen LogP contribution in [0.25, 0.3) is 0 Å². The number of likely N-dealkylation sites (tertiary alicyclic amines) is 1. The summed E-state index contributed by atoms with van der Waals surface area (Å²) in [4.78, 5) is 7.49. The summed E-state index contributed by atoms with van der Waals surface area (Å²) in [5, 5.41) is 7.18. The molecule has 0 radical (unpaired) electrons. The van der Waals surface area contributed by atoms with Gasteiger partial charge in [-0.3, -0.25) is 9.89 Å². The van der Waals surface area contributed by atoms with Gasteiger partial charge in [-0.1, -0.05) is 6.92 Å². The van der Waals surface area contributed by atoms with Crippen molar-refractivity contribution in [2.24, 2.45) is 4.99 Å². The molecule has 2 aliphatic heterocycles. The zero-order valence-corrected chi connectivity index (χ0v) is 18.9. The minimum absolute atomic E-state index is 0. The first-order valence-corrected chi connectivity index (χ1v) is 10.9. The molecule has 2 aliphatic rings. The molecule has 2 saturated heterocycles. The lowest BCUT2D eigenvalue weighted by Gasteiger charge is -2.26. The van der Waals surface area contributed by atoms with Gasteiger partial charge < -0.3 is 15.1 Å². The van der Waals surface area contributed by atoms with Crippen LogP contribution in [-0.2, 0) is 6.42 Å². The molecule has 7 heteroatoms. The molecule has 0 amide bonds. The Hall–Kier alpha value is -0.410. The van der Waals surface area contributed by atoms with Gasteiger partial charge in [-0.05, 0) is 56.7 Å². The highest BCUT2D eigenvalue weighted by atomic mass is 127. The fourth-order valence-electron chi connectivity index (χ4n) is 3.67. The lowest BCUT2D eigenvalue weighted by atomic mass is 10.2. The summed E-state index contributed by atoms with van der Waals surface area (Å²) in [7, 11) is 0. The number of halogens is 1. The number of guanidine groups is 1. The predicted octanol–water partition coefficient (Wildman–Crippen LogP) is 3.36. The van der Waals surface area contributed by atoms with Crippen molar-refractivity contribution in [2.45, 2.75) is 51.1 Å². The summed E-state index contributed by atoms with van der Waals surface area (Å²) in [6.45, 7) is 6.35. The maximum Gasteiger partial charge on any atom is 0.191 e. The number of thioether (sulfide) groups is 1. The van der Waals surface area contributed by atoms with Crippen LogP contribution in [0.2, 0.25) is 0 Å². The van der Waals surface area contributed by atoms with Crippen molar-refractivity contribution in [3.8, 4) is 0 Å². The highest BCUT2D eigenvalue weighted by Gasteiger charge is 2.23. The van der Waals surface area contributed by atoms with Crippen molar-refractivity contribution in [2.75, 3.05) is 37.7 Å². The molecule has 3 rings (SSSR count). The number of hydrogen-bond donors (Lipinski definition) is 2. The van der Waals surface area contributed by atoms with E-state index in [1.54, 1.807) is 6.26 Å². The Morgan fingerprint density at radius 1 is 1.38 bits per heavy atom. The highest BCUT2D eigenvalue weighted by molar-refractivity contribution is 14.0. The smallest absolute Gasteiger partial charge is 0.191 e. The first-order chi connectivity index (χ1) is 12.3. The summed E-state index contributed by atoms with van der Waals surface area (Å²) < 4.78 is 5.42. The number of nitrogens with zero attached hydrogens (tertiary/aromatic N) is 2. The van der Waals surface area contributed by atoms with Crippen molar-refractivity contribution in [3.63, 3.8) is 0 Å². The molecular formula is C19H33IN4OS. The molecule has 1 aromatic rings. The van der Waals surface area contributed by atoms with E-state index in [1.807, 2.05) is 23.9 Å². The van der Waals surface area contributed by atoms with Crippen molar-refractivity contribution >= 4 is 41.7 Å². The summed E-state index contributed by atoms with van der Waals surface area (Å²) in [5.41, 5.74) is 0. The van der Waals surface area contributed by atoms with Crippen molar-refractivity contribution < 1.29 is 4.42 Å². The van der Waals surface area contributed by atoms with Crippen LogP contribution in [0.15, 0.2) is 27.8 Å². The lowest BCUT2D eigenvalue weighted by molar-refractivity contribution is 0.273. The summed E-state index contributed by atoms with van der Waals surface area (Å²) in [5.74, 6) is 4.48. The molecule has 0 spiro atoms. The van der Waals surface area contributed by atoms with E-state index in [0.29, 0.717) is 12.1 Å². The predicted molar refractivity (Wildman–Crippen MR) is 122 cm³/mol. The monoisotopic (exact) mass is 492 g/mol. The van der Waals surface area contributed by atoms with Gasteiger partial charge in [0.25, 0.3) is 0 Å². The fraction of sp³-hybridized carbons (Fsp3) is 0.737. The molecule has 2 fully saturated rings. The van der Waals surface area contributed by atoms with Crippen molar-refractivity contribution in [3.05, 3.63) is 24.2 Å². The SMILES string of the molecule is CCN1CCCC1CN=C(NCCc1ccco1)NC1CCCSC1.I. The standard InChI is InChI=1S/C19H32N4OS.HI/c1-2-23-11-3-7-17(23)14-21-19(22-16-6-5-13-25-15-16)20-10-9-18-8-4-12-24-18;/h4,8,12,16-17H,2-3,5-7,9-11,13-15H2,1H3,(H2,20,21,22);1H. The maximum absolute atomic E-state index is 5.42. The largest absolute Gasteiger partial charge is 0.469 e. The van der Waals surface area contributed by atoms with Gasteiger partial charge in [0.05, 0.1) is 12.8 Å². The van der Waals surface area contributed by atoms with Gasteiger partial charge in [-0.25, -0.2) is 0 Å². The van der Waals surface area contributed by atoms with Crippen molar-refractivity contribution in [1.82, 2.24) is 15.5 Å². The van der Waals surface area contributed by atoms with Gasteiger partial charge >= 0.3 is 0 Å². The first-order valence-electron chi connectivity index (χ1n) is 9.74. The van der Waals surface area contributed by atoms with Crippen LogP contribution >= 0.6 is 35.7 Å². The second kappa shape index (κ2) is 12.1. The topological polar surface area (TPSA) is 52.8 Å². The first kappa shape index (κ1) is 21.9. The summed E-state index contributed by atoms with van der Waals surface area (Å²) >= 11 is 2.05. The van der Waals surface area contributed by atoms with Gasteiger partial charge in [0, 0.05) is 30.8 Å². The van der Waals surface area contributed by atoms with E-state index in [-0.39, 0.29) is 24.0 Å². The number of aliphatic imine (C=N–C) groups is 1. The van der Waals surface area contributed by atoms with E-state index < -0.39 is 0 Å². The molecule has 0 aromatic carbocycles. The van der Waals surface area contributed by atoms with Gasteiger partial charge in [0.1, 0.15) is 5.76 Å². The van der Waals surface area contributed by atoms with Crippen LogP contribution in [0.4, 0.5) is 0 Å². The number of furan rings is 1. The Bertz CT molecular complexity index is 520. The Morgan fingerprint density at radius 2 is 2.31 bits per heavy atom. The van der Waals surface area contributed by atoms with E-state index in [2.05, 4.69) is 22.5 Å². The molecule has 26 heavy (non-hydrogen) atoms. The van der Waals surface area contributed by atoms with Crippen LogP contribution in [0, 0.1) is 0 Å². The summed E-state index contributed by atoms with van der Waals surface area (Å²) in [6, 6.07) is 5.12. The average Bonchev–Trinajstić information content (AvgIpc) is 3.32. The Labute approximate surface area is 179 Å². The highest BCUT2D eigenvalue weighted by Crippen LogP contribution is 2.18. The van der Waals surface area contributed by atoms with Crippen LogP contribution in [0.3, 0.4) is 0 Å². The molecular weight excluding hydrogens is 459 g/mol. The van der Waals surface area contributed by atoms with E-state index in [1.165, 1.54) is 43.7 Å². The quantitative estimate of drug-likeness (QED) is 0.348. The minimum Gasteiger partial charge on any atom is -0.469 e. The zero-order valence-electron chi connectivity index (χ0n) is 15.8. The van der Waals surface area contributed by atoms with Gasteiger partial charge in [0.2, 0.25) is 0 Å². The summed E-state index contributed by atoms with van der Waals surface area (Å²) in [6.07, 6.45) is 7.75. The number of nitrogens with one attached hydrogen (secondary N) is 2. The normalized spacial score (nSPS) is 24.3. The molecule has 0 bridgehead atoms. The molecule has 0 saturated carbocycles. The number of rotatable bonds is 7. The second-order valence-electron chi connectivity index (χ2n) is 6.93. The molecule has 2 unspecified atom stereocenters. The fourth-order valence-corrected chi connectivity index (χ4v) is 4.75. The van der Waals surface area contributed by atoms with Crippen LogP contribution in [-0.4, -0.2) is 60.6 Å². The molecule has 0 aliphatic carbocycles.